The molecular weight excluding hydrogens is 305 g/mol. The Kier molecular flexibility index (Phi) is 4.36. The van der Waals surface area contributed by atoms with Crippen LogP contribution in [-0.2, 0) is 4.79 Å². The summed E-state index contributed by atoms with van der Waals surface area (Å²) in [5.74, 6) is -2.90. The first-order valence-corrected chi connectivity index (χ1v) is 6.77. The van der Waals surface area contributed by atoms with Crippen molar-refractivity contribution in [3.63, 3.8) is 0 Å². The van der Waals surface area contributed by atoms with Gasteiger partial charge in [-0.15, -0.1) is 11.3 Å². The molecule has 0 saturated carbocycles. The summed E-state index contributed by atoms with van der Waals surface area (Å²) in [4.78, 5) is 23.6. The minimum absolute atomic E-state index is 0.0715. The quantitative estimate of drug-likeness (QED) is 0.911. The molecule has 0 bridgehead atoms. The summed E-state index contributed by atoms with van der Waals surface area (Å²) >= 11 is 6.95. The van der Waals surface area contributed by atoms with E-state index in [0.29, 0.717) is 4.88 Å². The number of carboxylic acid groups (broad SMARTS) is 1. The van der Waals surface area contributed by atoms with Crippen LogP contribution in [0.4, 0.5) is 4.39 Å². The molecule has 0 aliphatic carbocycles. The molecule has 2 rings (SSSR count). The molecular formula is C13H9ClFNO3S. The molecule has 2 aromatic rings. The number of nitrogens with one attached hydrogen (secondary N) is 1. The molecule has 0 aliphatic rings. The lowest BCUT2D eigenvalue weighted by atomic mass is 10.1. The van der Waals surface area contributed by atoms with E-state index in [1.54, 1.807) is 17.5 Å². The molecule has 1 aromatic carbocycles. The third-order valence-electron chi connectivity index (χ3n) is 2.54. The average molecular weight is 314 g/mol. The monoisotopic (exact) mass is 313 g/mol. The highest BCUT2D eigenvalue weighted by molar-refractivity contribution is 7.10. The number of amides is 1. The number of hydrogen-bond donors (Lipinski definition) is 2. The highest BCUT2D eigenvalue weighted by Gasteiger charge is 2.25. The fourth-order valence-corrected chi connectivity index (χ4v) is 2.64. The van der Waals surface area contributed by atoms with Gasteiger partial charge in [0.2, 0.25) is 0 Å². The van der Waals surface area contributed by atoms with Gasteiger partial charge in [-0.05, 0) is 23.6 Å². The molecule has 20 heavy (non-hydrogen) atoms. The van der Waals surface area contributed by atoms with E-state index in [-0.39, 0.29) is 10.6 Å². The molecule has 4 nitrogen and oxygen atoms in total. The number of benzene rings is 1. The second-order valence-electron chi connectivity index (χ2n) is 3.86. The van der Waals surface area contributed by atoms with Crippen LogP contribution in [-0.4, -0.2) is 17.0 Å². The predicted molar refractivity (Wildman–Crippen MR) is 73.6 cm³/mol. The molecule has 0 spiro atoms. The SMILES string of the molecule is O=C(NC(C(=O)O)c1cccs1)c1c(F)cccc1Cl. The van der Waals surface area contributed by atoms with Crippen LogP contribution < -0.4 is 5.32 Å². The summed E-state index contributed by atoms with van der Waals surface area (Å²) in [5.41, 5.74) is -0.364. The minimum Gasteiger partial charge on any atom is -0.479 e. The van der Waals surface area contributed by atoms with Crippen molar-refractivity contribution in [3.8, 4) is 0 Å². The van der Waals surface area contributed by atoms with E-state index in [9.17, 15) is 14.0 Å². The number of halogens is 2. The molecule has 0 aliphatic heterocycles. The van der Waals surface area contributed by atoms with Gasteiger partial charge >= 0.3 is 5.97 Å². The van der Waals surface area contributed by atoms with Gasteiger partial charge in [-0.25, -0.2) is 9.18 Å². The first kappa shape index (κ1) is 14.5. The predicted octanol–water partition coefficient (Wildman–Crippen LogP) is 3.10. The lowest BCUT2D eigenvalue weighted by Crippen LogP contribution is -2.33. The second-order valence-corrected chi connectivity index (χ2v) is 5.24. The molecule has 1 atom stereocenters. The summed E-state index contributed by atoms with van der Waals surface area (Å²) in [7, 11) is 0. The summed E-state index contributed by atoms with van der Waals surface area (Å²) in [6.07, 6.45) is 0. The first-order chi connectivity index (χ1) is 9.50. The first-order valence-electron chi connectivity index (χ1n) is 5.52. The maximum Gasteiger partial charge on any atom is 0.331 e. The van der Waals surface area contributed by atoms with Gasteiger partial charge in [0.05, 0.1) is 10.6 Å². The maximum atomic E-state index is 13.6. The van der Waals surface area contributed by atoms with Gasteiger partial charge in [0.15, 0.2) is 6.04 Å². The molecule has 0 saturated heterocycles. The lowest BCUT2D eigenvalue weighted by molar-refractivity contribution is -0.139. The van der Waals surface area contributed by atoms with Crippen LogP contribution in [0.15, 0.2) is 35.7 Å². The van der Waals surface area contributed by atoms with E-state index in [4.69, 9.17) is 16.7 Å². The molecule has 1 amide bonds. The Morgan fingerprint density at radius 1 is 1.30 bits per heavy atom. The van der Waals surface area contributed by atoms with Crippen LogP contribution in [0.1, 0.15) is 21.3 Å². The lowest BCUT2D eigenvalue weighted by Gasteiger charge is -2.14. The van der Waals surface area contributed by atoms with Crippen LogP contribution in [0.2, 0.25) is 5.02 Å². The number of carboxylic acids is 1. The van der Waals surface area contributed by atoms with Crippen molar-refractivity contribution in [2.45, 2.75) is 6.04 Å². The molecule has 7 heteroatoms. The summed E-state index contributed by atoms with van der Waals surface area (Å²) in [6.45, 7) is 0. The standard InChI is InChI=1S/C13H9ClFNO3S/c14-7-3-1-4-8(15)10(7)12(17)16-11(13(18)19)9-5-2-6-20-9/h1-6,11H,(H,16,17)(H,18,19). The Labute approximate surface area is 122 Å². The highest BCUT2D eigenvalue weighted by Crippen LogP contribution is 2.23. The topological polar surface area (TPSA) is 66.4 Å². The van der Waals surface area contributed by atoms with Gasteiger partial charge in [0.1, 0.15) is 5.82 Å². The number of carbonyl (C=O) groups is 2. The molecule has 1 unspecified atom stereocenters. The third-order valence-corrected chi connectivity index (χ3v) is 3.79. The zero-order valence-corrected chi connectivity index (χ0v) is 11.5. The van der Waals surface area contributed by atoms with Gasteiger partial charge in [-0.3, -0.25) is 4.79 Å². The van der Waals surface area contributed by atoms with Gasteiger partial charge < -0.3 is 10.4 Å². The Morgan fingerprint density at radius 2 is 2.05 bits per heavy atom. The zero-order chi connectivity index (χ0) is 14.7. The molecule has 104 valence electrons. The maximum absolute atomic E-state index is 13.6. The molecule has 1 heterocycles. The van der Waals surface area contributed by atoms with Crippen LogP contribution >= 0.6 is 22.9 Å². The average Bonchev–Trinajstić information content (AvgIpc) is 2.88. The minimum atomic E-state index is -1.24. The Hall–Kier alpha value is -1.92. The van der Waals surface area contributed by atoms with Crippen molar-refractivity contribution in [2.75, 3.05) is 0 Å². The van der Waals surface area contributed by atoms with Crippen LogP contribution in [0.5, 0.6) is 0 Å². The smallest absolute Gasteiger partial charge is 0.331 e. The van der Waals surface area contributed by atoms with E-state index >= 15 is 0 Å². The third kappa shape index (κ3) is 2.97. The Morgan fingerprint density at radius 3 is 2.60 bits per heavy atom. The normalized spacial score (nSPS) is 11.9. The van der Waals surface area contributed by atoms with Gasteiger partial charge in [0.25, 0.3) is 5.91 Å². The largest absolute Gasteiger partial charge is 0.479 e. The highest BCUT2D eigenvalue weighted by atomic mass is 35.5. The van der Waals surface area contributed by atoms with Crippen molar-refractivity contribution in [1.29, 1.82) is 0 Å². The van der Waals surface area contributed by atoms with E-state index in [0.717, 1.165) is 6.07 Å². The summed E-state index contributed by atoms with van der Waals surface area (Å²) in [5, 5.41) is 13.0. The Bertz CT molecular complexity index is 625. The number of hydrogen-bond acceptors (Lipinski definition) is 3. The van der Waals surface area contributed by atoms with Crippen molar-refractivity contribution in [1.82, 2.24) is 5.32 Å². The van der Waals surface area contributed by atoms with Gasteiger partial charge in [-0.1, -0.05) is 23.7 Å². The van der Waals surface area contributed by atoms with Crippen molar-refractivity contribution in [3.05, 3.63) is 57.0 Å². The molecule has 0 radical (unpaired) electrons. The van der Waals surface area contributed by atoms with Crippen LogP contribution in [0.3, 0.4) is 0 Å². The van der Waals surface area contributed by atoms with E-state index in [1.807, 2.05) is 0 Å². The fourth-order valence-electron chi connectivity index (χ4n) is 1.63. The summed E-state index contributed by atoms with van der Waals surface area (Å²) < 4.78 is 13.6. The van der Waals surface area contributed by atoms with Crippen molar-refractivity contribution >= 4 is 34.8 Å². The van der Waals surface area contributed by atoms with E-state index < -0.39 is 23.7 Å². The van der Waals surface area contributed by atoms with Crippen LogP contribution in [0.25, 0.3) is 0 Å². The number of rotatable bonds is 4. The molecule has 2 N–H and O–H groups in total. The van der Waals surface area contributed by atoms with Gasteiger partial charge in [0, 0.05) is 4.88 Å². The molecule has 1 aromatic heterocycles. The van der Waals surface area contributed by atoms with Crippen molar-refractivity contribution < 1.29 is 19.1 Å². The molecule has 0 fully saturated rings. The number of carbonyl (C=O) groups excluding carboxylic acids is 1. The second kappa shape index (κ2) is 6.02. The van der Waals surface area contributed by atoms with E-state index in [1.165, 1.54) is 23.5 Å². The fraction of sp³-hybridized carbons (Fsp3) is 0.0769. The van der Waals surface area contributed by atoms with Gasteiger partial charge in [-0.2, -0.15) is 0 Å². The number of thiophene rings is 1. The van der Waals surface area contributed by atoms with Crippen molar-refractivity contribution in [2.24, 2.45) is 0 Å². The van der Waals surface area contributed by atoms with E-state index in [2.05, 4.69) is 5.32 Å². The Balaban J connectivity index is 2.28. The number of aliphatic carboxylic acids is 1. The zero-order valence-electron chi connectivity index (χ0n) is 9.97. The summed E-state index contributed by atoms with van der Waals surface area (Å²) in [6, 6.07) is 5.81. The van der Waals surface area contributed by atoms with Crippen LogP contribution in [0, 0.1) is 5.82 Å².